The van der Waals surface area contributed by atoms with Gasteiger partial charge in [0.05, 0.1) is 11.4 Å². The predicted octanol–water partition coefficient (Wildman–Crippen LogP) is 7.98. The number of nitrogens with zero attached hydrogens (tertiary/aromatic N) is 2. The van der Waals surface area contributed by atoms with Gasteiger partial charge in [0.15, 0.2) is 0 Å². The third kappa shape index (κ3) is 3.83. The minimum Gasteiger partial charge on any atom is -0.458 e. The lowest BCUT2D eigenvalue weighted by molar-refractivity contribution is 0.443. The van der Waals surface area contributed by atoms with Gasteiger partial charge < -0.3 is 14.2 Å². The standard InChI is InChI=1S/C40H23BN2O3/c1-3-16-42-30(12-1)26-10-5-8-24(18-26)28-20-34-39-36(22-28)46-37-23-29(25-9-6-11-27(19-25)31-13-2-4-17-43-31)21-35-40(37)41(39)38-32(44-34)14-7-15-33(38)45-35/h1-23H. The zero-order valence-corrected chi connectivity index (χ0v) is 24.5. The molecule has 3 aliphatic rings. The molecule has 0 radical (unpaired) electrons. The van der Waals surface area contributed by atoms with Crippen LogP contribution in [0.1, 0.15) is 0 Å². The van der Waals surface area contributed by atoms with Gasteiger partial charge in [-0.15, -0.1) is 0 Å². The minimum absolute atomic E-state index is 0.0553. The number of benzene rings is 5. The van der Waals surface area contributed by atoms with Crippen LogP contribution in [0.25, 0.3) is 44.8 Å². The van der Waals surface area contributed by atoms with Crippen LogP contribution in [-0.4, -0.2) is 16.7 Å². The molecule has 0 spiro atoms. The lowest BCUT2D eigenvalue weighted by atomic mass is 9.34. The van der Waals surface area contributed by atoms with E-state index < -0.39 is 0 Å². The summed E-state index contributed by atoms with van der Waals surface area (Å²) in [6.45, 7) is -0.0553. The Balaban J connectivity index is 1.14. The van der Waals surface area contributed by atoms with Gasteiger partial charge in [-0.25, -0.2) is 0 Å². The molecule has 0 amide bonds. The van der Waals surface area contributed by atoms with E-state index >= 15 is 0 Å². The van der Waals surface area contributed by atoms with E-state index in [0.29, 0.717) is 0 Å². The first-order chi connectivity index (χ1) is 22.8. The summed E-state index contributed by atoms with van der Waals surface area (Å²) in [5.41, 5.74) is 11.2. The molecule has 7 aromatic rings. The zero-order chi connectivity index (χ0) is 30.2. The highest BCUT2D eigenvalue weighted by Crippen LogP contribution is 2.45. The number of ether oxygens (including phenoxy) is 3. The van der Waals surface area contributed by atoms with E-state index in [4.69, 9.17) is 14.2 Å². The number of aromatic nitrogens is 2. The second kappa shape index (κ2) is 9.68. The molecule has 0 fully saturated rings. The smallest absolute Gasteiger partial charge is 0.270 e. The van der Waals surface area contributed by atoms with E-state index in [0.717, 1.165) is 95.7 Å². The molecule has 5 heterocycles. The fourth-order valence-electron chi connectivity index (χ4n) is 7.00. The Morgan fingerprint density at radius 3 is 1.22 bits per heavy atom. The van der Waals surface area contributed by atoms with Crippen LogP contribution in [-0.2, 0) is 0 Å². The van der Waals surface area contributed by atoms with Crippen molar-refractivity contribution in [2.45, 2.75) is 0 Å². The van der Waals surface area contributed by atoms with Crippen LogP contribution >= 0.6 is 0 Å². The van der Waals surface area contributed by atoms with Crippen molar-refractivity contribution in [1.82, 2.24) is 9.97 Å². The third-order valence-electron chi connectivity index (χ3n) is 9.07. The fourth-order valence-corrected chi connectivity index (χ4v) is 7.00. The SMILES string of the molecule is c1ccc(-c2cccc(-c3cc4c5c(c3)Oc3cc(-c6cccc(-c7ccccn7)c6)cc6c3B5c3c(cccc3O6)O4)c2)nc1. The molecular formula is C40H23BN2O3. The molecule has 6 heteroatoms. The zero-order valence-electron chi connectivity index (χ0n) is 24.5. The maximum absolute atomic E-state index is 6.82. The molecule has 0 bridgehead atoms. The molecule has 0 unspecified atom stereocenters. The summed E-state index contributed by atoms with van der Waals surface area (Å²) in [5.74, 6) is 4.81. The summed E-state index contributed by atoms with van der Waals surface area (Å²) in [5, 5.41) is 0. The summed E-state index contributed by atoms with van der Waals surface area (Å²) in [6, 6.07) is 43.4. The lowest BCUT2D eigenvalue weighted by Gasteiger charge is -2.38. The second-order valence-corrected chi connectivity index (χ2v) is 11.8. The van der Waals surface area contributed by atoms with Crippen LogP contribution in [0.2, 0.25) is 0 Å². The first kappa shape index (κ1) is 25.2. The number of hydrogen-bond donors (Lipinski definition) is 0. The molecule has 0 aliphatic carbocycles. The van der Waals surface area contributed by atoms with Crippen LogP contribution < -0.4 is 30.6 Å². The van der Waals surface area contributed by atoms with Gasteiger partial charge in [-0.2, -0.15) is 0 Å². The maximum atomic E-state index is 6.82. The lowest BCUT2D eigenvalue weighted by Crippen LogP contribution is -2.59. The van der Waals surface area contributed by atoms with Crippen molar-refractivity contribution >= 4 is 23.1 Å². The van der Waals surface area contributed by atoms with Gasteiger partial charge in [-0.05, 0) is 95.1 Å². The Morgan fingerprint density at radius 2 is 0.761 bits per heavy atom. The van der Waals surface area contributed by atoms with Crippen molar-refractivity contribution in [3.05, 3.63) is 140 Å². The van der Waals surface area contributed by atoms with Gasteiger partial charge in [0.1, 0.15) is 34.5 Å². The van der Waals surface area contributed by atoms with Gasteiger partial charge in [0.2, 0.25) is 0 Å². The van der Waals surface area contributed by atoms with Gasteiger partial charge in [-0.1, -0.05) is 54.6 Å². The van der Waals surface area contributed by atoms with Crippen LogP contribution in [0, 0.1) is 0 Å². The fraction of sp³-hybridized carbons (Fsp3) is 0. The summed E-state index contributed by atoms with van der Waals surface area (Å²) >= 11 is 0. The molecular weight excluding hydrogens is 567 g/mol. The Morgan fingerprint density at radius 1 is 0.348 bits per heavy atom. The number of pyridine rings is 2. The highest BCUT2D eigenvalue weighted by Gasteiger charge is 2.46. The van der Waals surface area contributed by atoms with Gasteiger partial charge >= 0.3 is 0 Å². The summed E-state index contributed by atoms with van der Waals surface area (Å²) in [4.78, 5) is 9.12. The normalized spacial score (nSPS) is 12.8. The molecule has 0 N–H and O–H groups in total. The van der Waals surface area contributed by atoms with Crippen molar-refractivity contribution in [2.75, 3.05) is 0 Å². The van der Waals surface area contributed by atoms with E-state index in [1.807, 2.05) is 67.0 Å². The van der Waals surface area contributed by atoms with E-state index in [9.17, 15) is 0 Å². The molecule has 46 heavy (non-hydrogen) atoms. The average molecular weight is 590 g/mol. The number of hydrogen-bond acceptors (Lipinski definition) is 5. The monoisotopic (exact) mass is 590 g/mol. The Hall–Kier alpha value is -6.14. The van der Waals surface area contributed by atoms with Crippen molar-refractivity contribution in [3.63, 3.8) is 0 Å². The first-order valence-electron chi connectivity index (χ1n) is 15.3. The summed E-state index contributed by atoms with van der Waals surface area (Å²) in [6.07, 6.45) is 3.64. The van der Waals surface area contributed by atoms with Crippen molar-refractivity contribution < 1.29 is 14.2 Å². The molecule has 0 atom stereocenters. The van der Waals surface area contributed by atoms with E-state index in [-0.39, 0.29) is 6.71 Å². The van der Waals surface area contributed by atoms with Crippen molar-refractivity contribution in [3.8, 4) is 79.3 Å². The average Bonchev–Trinajstić information content (AvgIpc) is 3.12. The number of rotatable bonds is 4. The van der Waals surface area contributed by atoms with E-state index in [1.54, 1.807) is 0 Å². The molecule has 5 nitrogen and oxygen atoms in total. The summed E-state index contributed by atoms with van der Waals surface area (Å²) in [7, 11) is 0. The van der Waals surface area contributed by atoms with Gasteiger partial charge in [-0.3, -0.25) is 9.97 Å². The van der Waals surface area contributed by atoms with Gasteiger partial charge in [0, 0.05) is 39.9 Å². The van der Waals surface area contributed by atoms with Crippen LogP contribution in [0.4, 0.5) is 0 Å². The highest BCUT2D eigenvalue weighted by molar-refractivity contribution is 6.99. The molecule has 2 aromatic heterocycles. The Kier molecular flexibility index (Phi) is 5.31. The first-order valence-corrected chi connectivity index (χ1v) is 15.3. The van der Waals surface area contributed by atoms with E-state index in [2.05, 4.69) is 82.8 Å². The highest BCUT2D eigenvalue weighted by atomic mass is 16.5. The Bertz CT molecular complexity index is 2200. The minimum atomic E-state index is -0.0553. The second-order valence-electron chi connectivity index (χ2n) is 11.8. The van der Waals surface area contributed by atoms with Crippen LogP contribution in [0.5, 0.6) is 34.5 Å². The molecule has 10 rings (SSSR count). The molecule has 214 valence electrons. The van der Waals surface area contributed by atoms with E-state index in [1.165, 1.54) is 0 Å². The quantitative estimate of drug-likeness (QED) is 0.195. The van der Waals surface area contributed by atoms with Crippen LogP contribution in [0.15, 0.2) is 140 Å². The summed E-state index contributed by atoms with van der Waals surface area (Å²) < 4.78 is 20.0. The largest absolute Gasteiger partial charge is 0.458 e. The van der Waals surface area contributed by atoms with Crippen molar-refractivity contribution in [2.24, 2.45) is 0 Å². The van der Waals surface area contributed by atoms with Gasteiger partial charge in [0.25, 0.3) is 6.71 Å². The molecule has 0 saturated carbocycles. The molecule has 0 saturated heterocycles. The van der Waals surface area contributed by atoms with Crippen LogP contribution in [0.3, 0.4) is 0 Å². The Labute approximate surface area is 265 Å². The molecule has 5 aromatic carbocycles. The third-order valence-corrected chi connectivity index (χ3v) is 9.07. The molecule has 3 aliphatic heterocycles. The predicted molar refractivity (Wildman–Crippen MR) is 182 cm³/mol. The maximum Gasteiger partial charge on any atom is 0.270 e. The topological polar surface area (TPSA) is 53.5 Å². The van der Waals surface area contributed by atoms with Crippen molar-refractivity contribution in [1.29, 1.82) is 0 Å².